The number of amides is 1. The van der Waals surface area contributed by atoms with E-state index in [0.717, 1.165) is 13.0 Å². The van der Waals surface area contributed by atoms with Gasteiger partial charge in [-0.3, -0.25) is 14.8 Å². The van der Waals surface area contributed by atoms with Crippen molar-refractivity contribution in [2.24, 2.45) is 12.2 Å². The van der Waals surface area contributed by atoms with E-state index in [2.05, 4.69) is 30.9 Å². The molecule has 12 nitrogen and oxygen atoms in total. The molecule has 0 spiro atoms. The van der Waals surface area contributed by atoms with E-state index in [-0.39, 0.29) is 22.5 Å². The van der Waals surface area contributed by atoms with Gasteiger partial charge in [0, 0.05) is 24.9 Å². The summed E-state index contributed by atoms with van der Waals surface area (Å²) in [6.07, 6.45) is 3.95. The third-order valence-electron chi connectivity index (χ3n) is 6.04. The zero-order valence-electron chi connectivity index (χ0n) is 22.0. The van der Waals surface area contributed by atoms with E-state index in [4.69, 9.17) is 9.57 Å². The number of carbonyl (C=O) groups is 1. The molecule has 0 saturated heterocycles. The molecule has 40 heavy (non-hydrogen) atoms. The first-order chi connectivity index (χ1) is 19.3. The van der Waals surface area contributed by atoms with Crippen molar-refractivity contribution in [3.8, 4) is 5.88 Å². The first kappa shape index (κ1) is 27.7. The van der Waals surface area contributed by atoms with Crippen molar-refractivity contribution < 1.29 is 22.8 Å². The maximum absolute atomic E-state index is 13.4. The summed E-state index contributed by atoms with van der Waals surface area (Å²) < 4.78 is 32.5. The van der Waals surface area contributed by atoms with Crippen molar-refractivity contribution >= 4 is 48.3 Å². The Morgan fingerprint density at radius 2 is 1.95 bits per heavy atom. The van der Waals surface area contributed by atoms with E-state index in [1.54, 1.807) is 48.3 Å². The molecule has 3 heterocycles. The second kappa shape index (κ2) is 12.1. The van der Waals surface area contributed by atoms with Crippen molar-refractivity contribution in [3.05, 3.63) is 59.9 Å². The van der Waals surface area contributed by atoms with Gasteiger partial charge in [0.2, 0.25) is 5.88 Å². The Bertz CT molecular complexity index is 1630. The summed E-state index contributed by atoms with van der Waals surface area (Å²) in [5.74, 6) is -0.0852. The van der Waals surface area contributed by atoms with Crippen molar-refractivity contribution in [1.82, 2.24) is 25.1 Å². The molecular formula is C26H29N7O5S2. The molecule has 0 unspecified atom stereocenters. The lowest BCUT2D eigenvalue weighted by Gasteiger charge is -2.08. The number of ether oxygens (including phenoxy) is 1. The molecule has 1 saturated carbocycles. The highest BCUT2D eigenvalue weighted by Crippen LogP contribution is 2.33. The van der Waals surface area contributed by atoms with Crippen molar-refractivity contribution in [2.45, 2.75) is 36.0 Å². The molecule has 0 aliphatic heterocycles. The minimum absolute atomic E-state index is 0.0351. The number of anilines is 1. The zero-order chi connectivity index (χ0) is 28.1. The van der Waals surface area contributed by atoms with Crippen LogP contribution in [0.25, 0.3) is 10.3 Å². The second-order valence-electron chi connectivity index (χ2n) is 9.22. The van der Waals surface area contributed by atoms with Crippen molar-refractivity contribution in [3.63, 3.8) is 0 Å². The van der Waals surface area contributed by atoms with Crippen molar-refractivity contribution in [2.75, 3.05) is 25.5 Å². The molecule has 1 fully saturated rings. The minimum atomic E-state index is -3.37. The smallest absolute Gasteiger partial charge is 0.280 e. The van der Waals surface area contributed by atoms with Crippen LogP contribution in [0.4, 0.5) is 5.13 Å². The number of sulfone groups is 1. The van der Waals surface area contributed by atoms with Crippen LogP contribution >= 0.6 is 11.3 Å². The summed E-state index contributed by atoms with van der Waals surface area (Å²) in [6.45, 7) is 1.42. The van der Waals surface area contributed by atoms with Gasteiger partial charge in [-0.15, -0.1) is 0 Å². The molecule has 5 rings (SSSR count). The van der Waals surface area contributed by atoms with E-state index in [9.17, 15) is 13.2 Å². The molecule has 1 aliphatic rings. The first-order valence-corrected chi connectivity index (χ1v) is 15.1. The van der Waals surface area contributed by atoms with Crippen LogP contribution < -0.4 is 15.4 Å². The molecule has 4 aromatic rings. The maximum atomic E-state index is 13.4. The highest BCUT2D eigenvalue weighted by molar-refractivity contribution is 7.92. The summed E-state index contributed by atoms with van der Waals surface area (Å²) >= 11 is 1.20. The van der Waals surface area contributed by atoms with Crippen LogP contribution in [-0.2, 0) is 33.1 Å². The first-order valence-electron chi connectivity index (χ1n) is 12.7. The number of oxime groups is 1. The number of carbonyl (C=O) groups excluding carboxylic acids is 1. The number of nitrogens with one attached hydrogen (secondary N) is 2. The Labute approximate surface area is 235 Å². The zero-order valence-corrected chi connectivity index (χ0v) is 23.7. The molecule has 3 aromatic heterocycles. The lowest BCUT2D eigenvalue weighted by Crippen LogP contribution is -2.24. The topological polar surface area (TPSA) is 150 Å². The number of nitrogens with zero attached hydrogens (tertiary/aromatic N) is 5. The second-order valence-corrected chi connectivity index (χ2v) is 12.4. The number of fused-ring (bicyclic) bond motifs is 1. The van der Waals surface area contributed by atoms with Crippen LogP contribution in [0.1, 0.15) is 30.5 Å². The number of rotatable bonds is 13. The van der Waals surface area contributed by atoms with Gasteiger partial charge in [-0.25, -0.2) is 18.4 Å². The van der Waals surface area contributed by atoms with Crippen LogP contribution in [0, 0.1) is 0 Å². The number of aromatic nitrogens is 4. The average Bonchev–Trinajstić information content (AvgIpc) is 3.62. The van der Waals surface area contributed by atoms with Gasteiger partial charge >= 0.3 is 0 Å². The summed E-state index contributed by atoms with van der Waals surface area (Å²) in [5.41, 5.74) is 1.61. The van der Waals surface area contributed by atoms with Gasteiger partial charge in [-0.1, -0.05) is 28.6 Å². The Kier molecular flexibility index (Phi) is 8.38. The molecule has 14 heteroatoms. The van der Waals surface area contributed by atoms with E-state index >= 15 is 0 Å². The fourth-order valence-electron chi connectivity index (χ4n) is 3.82. The SMILES string of the molecule is CNCCCOc1ccc2nc(NC(=O)C(=NOCc3ccn(C)n3)c3ccc(S(=O)(=O)C4CC4)cc3)sc2n1. The number of hydrogen-bond acceptors (Lipinski definition) is 11. The highest BCUT2D eigenvalue weighted by atomic mass is 32.2. The predicted octanol–water partition coefficient (Wildman–Crippen LogP) is 2.91. The standard InChI is InChI=1S/C26H29N7O5S2/c1-27-13-3-15-37-22-11-10-21-25(29-22)39-26(28-21)30-24(34)23(32-38-16-18-12-14-33(2)31-18)17-4-6-19(7-5-17)40(35,36)20-8-9-20/h4-7,10-12,14,20,27H,3,8-9,13,15-16H2,1-2H3,(H,28,30,34). The van der Waals surface area contributed by atoms with Crippen LogP contribution in [-0.4, -0.2) is 65.2 Å². The quantitative estimate of drug-likeness (QED) is 0.138. The number of pyridine rings is 1. The van der Waals surface area contributed by atoms with Gasteiger partial charge in [0.25, 0.3) is 5.91 Å². The molecule has 210 valence electrons. The van der Waals surface area contributed by atoms with Crippen LogP contribution in [0.15, 0.2) is 58.7 Å². The summed E-state index contributed by atoms with van der Waals surface area (Å²) in [6, 6.07) is 11.4. The van der Waals surface area contributed by atoms with Gasteiger partial charge in [-0.2, -0.15) is 5.10 Å². The molecule has 0 radical (unpaired) electrons. The number of benzene rings is 1. The average molecular weight is 584 g/mol. The van der Waals surface area contributed by atoms with Gasteiger partial charge in [0.15, 0.2) is 27.3 Å². The van der Waals surface area contributed by atoms with E-state index in [0.29, 0.717) is 52.1 Å². The number of aryl methyl sites for hydroxylation is 1. The maximum Gasteiger partial charge on any atom is 0.280 e. The monoisotopic (exact) mass is 583 g/mol. The highest BCUT2D eigenvalue weighted by Gasteiger charge is 2.36. The third-order valence-corrected chi connectivity index (χ3v) is 9.20. The summed E-state index contributed by atoms with van der Waals surface area (Å²) in [5, 5.41) is 14.2. The lowest BCUT2D eigenvalue weighted by atomic mass is 10.1. The molecule has 0 bridgehead atoms. The molecule has 0 atom stereocenters. The van der Waals surface area contributed by atoms with E-state index in [1.807, 2.05) is 7.05 Å². The minimum Gasteiger partial charge on any atom is -0.478 e. The summed E-state index contributed by atoms with van der Waals surface area (Å²) in [4.78, 5) is 28.6. The fourth-order valence-corrected chi connectivity index (χ4v) is 6.30. The Morgan fingerprint density at radius 3 is 2.65 bits per heavy atom. The normalized spacial score (nSPS) is 13.9. The lowest BCUT2D eigenvalue weighted by molar-refractivity contribution is -0.110. The molecule has 2 N–H and O–H groups in total. The third kappa shape index (κ3) is 6.63. The largest absolute Gasteiger partial charge is 0.478 e. The Hall–Kier alpha value is -3.88. The van der Waals surface area contributed by atoms with Crippen LogP contribution in [0.3, 0.4) is 0 Å². The summed E-state index contributed by atoms with van der Waals surface area (Å²) in [7, 11) is 0.304. The molecule has 1 aliphatic carbocycles. The number of thiazole rings is 1. The van der Waals surface area contributed by atoms with Gasteiger partial charge in [0.1, 0.15) is 16.0 Å². The van der Waals surface area contributed by atoms with Crippen LogP contribution in [0.5, 0.6) is 5.88 Å². The van der Waals surface area contributed by atoms with E-state index < -0.39 is 15.7 Å². The fraction of sp³-hybridized carbons (Fsp3) is 0.346. The molecular weight excluding hydrogens is 554 g/mol. The predicted molar refractivity (Wildman–Crippen MR) is 151 cm³/mol. The van der Waals surface area contributed by atoms with Gasteiger partial charge in [-0.05, 0) is 57.1 Å². The Morgan fingerprint density at radius 1 is 1.15 bits per heavy atom. The molecule has 1 aromatic carbocycles. The number of hydrogen-bond donors (Lipinski definition) is 2. The van der Waals surface area contributed by atoms with E-state index in [1.165, 1.54) is 23.5 Å². The molecule has 1 amide bonds. The van der Waals surface area contributed by atoms with Gasteiger partial charge < -0.3 is 14.9 Å². The van der Waals surface area contributed by atoms with Crippen molar-refractivity contribution in [1.29, 1.82) is 0 Å². The van der Waals surface area contributed by atoms with Gasteiger partial charge in [0.05, 0.1) is 16.8 Å². The Balaban J connectivity index is 1.34. The van der Waals surface area contributed by atoms with Crippen LogP contribution in [0.2, 0.25) is 0 Å².